The minimum absolute atomic E-state index is 0.0197. The average molecular weight is 386 g/mol. The van der Waals surface area contributed by atoms with Crippen molar-refractivity contribution >= 4 is 11.5 Å². The van der Waals surface area contributed by atoms with Gasteiger partial charge in [-0.2, -0.15) is 0 Å². The van der Waals surface area contributed by atoms with E-state index in [1.165, 1.54) is 55.5 Å². The molecule has 0 bridgehead atoms. The number of ketones is 1. The second kappa shape index (κ2) is 8.08. The summed E-state index contributed by atoms with van der Waals surface area (Å²) in [4.78, 5) is 23.4. The van der Waals surface area contributed by atoms with Crippen molar-refractivity contribution in [3.05, 3.63) is 92.9 Å². The molecule has 1 aromatic heterocycles. The Morgan fingerprint density at radius 1 is 1.11 bits per heavy atom. The summed E-state index contributed by atoms with van der Waals surface area (Å²) in [7, 11) is 0. The summed E-state index contributed by atoms with van der Waals surface area (Å²) in [5.74, 6) is -1.63. The van der Waals surface area contributed by atoms with Gasteiger partial charge in [-0.15, -0.1) is 0 Å². The van der Waals surface area contributed by atoms with Crippen molar-refractivity contribution in [3.8, 4) is 0 Å². The lowest BCUT2D eigenvalue weighted by Crippen LogP contribution is -2.11. The topological polar surface area (TPSA) is 86.2 Å². The van der Waals surface area contributed by atoms with Gasteiger partial charge in [0.05, 0.1) is 4.92 Å². The van der Waals surface area contributed by atoms with Gasteiger partial charge >= 0.3 is 5.69 Å². The lowest BCUT2D eigenvalue weighted by atomic mass is 9.88. The molecule has 3 aromatic rings. The number of nitrogens with zero attached hydrogens (tertiary/aromatic N) is 2. The molecule has 0 spiro atoms. The van der Waals surface area contributed by atoms with Crippen molar-refractivity contribution in [1.82, 2.24) is 5.16 Å². The van der Waals surface area contributed by atoms with E-state index in [-0.39, 0.29) is 35.8 Å². The number of aromatic nitrogens is 1. The van der Waals surface area contributed by atoms with E-state index >= 15 is 0 Å². The number of rotatable bonds is 7. The van der Waals surface area contributed by atoms with Gasteiger partial charge < -0.3 is 4.52 Å². The highest BCUT2D eigenvalue weighted by Gasteiger charge is 2.28. The molecule has 3 rings (SSSR count). The number of nitro groups is 1. The van der Waals surface area contributed by atoms with Gasteiger partial charge in [-0.3, -0.25) is 14.9 Å². The minimum atomic E-state index is -0.579. The Balaban J connectivity index is 1.91. The van der Waals surface area contributed by atoms with Gasteiger partial charge in [0.15, 0.2) is 11.5 Å². The van der Waals surface area contributed by atoms with Crippen LogP contribution in [0.1, 0.15) is 39.7 Å². The summed E-state index contributed by atoms with van der Waals surface area (Å²) in [6, 6.07) is 10.7. The summed E-state index contributed by atoms with van der Waals surface area (Å²) in [6.07, 6.45) is 0.0177. The highest BCUT2D eigenvalue weighted by atomic mass is 19.1. The summed E-state index contributed by atoms with van der Waals surface area (Å²) in [5, 5.41) is 14.9. The molecule has 0 aliphatic rings. The third-order valence-electron chi connectivity index (χ3n) is 4.45. The number of hydrogen-bond donors (Lipinski definition) is 0. The summed E-state index contributed by atoms with van der Waals surface area (Å²) in [6.45, 7) is 1.46. The fourth-order valence-corrected chi connectivity index (χ4v) is 3.02. The Bertz CT molecular complexity index is 998. The number of aryl methyl sites for hydroxylation is 1. The predicted molar refractivity (Wildman–Crippen MR) is 96.1 cm³/mol. The first-order valence-corrected chi connectivity index (χ1v) is 8.49. The van der Waals surface area contributed by atoms with Crippen molar-refractivity contribution < 1.29 is 23.0 Å². The van der Waals surface area contributed by atoms with Crippen LogP contribution in [0.4, 0.5) is 14.5 Å². The maximum Gasteiger partial charge on any atom is 0.334 e. The Morgan fingerprint density at radius 3 is 2.25 bits per heavy atom. The first-order valence-electron chi connectivity index (χ1n) is 8.49. The number of carbonyl (C=O) groups excluding carboxylic acids is 1. The Morgan fingerprint density at radius 2 is 1.68 bits per heavy atom. The van der Waals surface area contributed by atoms with Crippen LogP contribution >= 0.6 is 0 Å². The number of carbonyl (C=O) groups is 1. The second-order valence-corrected chi connectivity index (χ2v) is 6.38. The fraction of sp³-hybridized carbons (Fsp3) is 0.200. The summed E-state index contributed by atoms with van der Waals surface area (Å²) in [5.41, 5.74) is 0.848. The van der Waals surface area contributed by atoms with E-state index in [1.54, 1.807) is 0 Å². The smallest absolute Gasteiger partial charge is 0.334 e. The zero-order valence-electron chi connectivity index (χ0n) is 14.9. The molecule has 1 unspecified atom stereocenters. The van der Waals surface area contributed by atoms with Crippen LogP contribution in [0.5, 0.6) is 0 Å². The van der Waals surface area contributed by atoms with E-state index in [1.807, 2.05) is 0 Å². The molecule has 0 fully saturated rings. The first-order chi connectivity index (χ1) is 13.3. The Hall–Kier alpha value is -3.42. The zero-order chi connectivity index (χ0) is 20.3. The fourth-order valence-electron chi connectivity index (χ4n) is 3.02. The minimum Gasteiger partial charge on any atom is -0.354 e. The van der Waals surface area contributed by atoms with E-state index in [0.29, 0.717) is 11.1 Å². The second-order valence-electron chi connectivity index (χ2n) is 6.38. The van der Waals surface area contributed by atoms with Crippen LogP contribution in [0.3, 0.4) is 0 Å². The SMILES string of the molecule is Cc1noc(CC(CC(=O)c2ccc(F)cc2)c2ccc(F)cc2)c1[N+](=O)[O-]. The average Bonchev–Trinajstić information content (AvgIpc) is 3.02. The molecule has 0 amide bonds. The molecule has 0 saturated carbocycles. The van der Waals surface area contributed by atoms with E-state index in [2.05, 4.69) is 5.16 Å². The standard InChI is InChI=1S/C20H16F2N2O4/c1-12-20(24(26)27)19(28-23-12)11-15(13-2-6-16(21)7-3-13)10-18(25)14-4-8-17(22)9-5-14/h2-9,15H,10-11H2,1H3. The number of benzene rings is 2. The molecule has 0 aliphatic carbocycles. The molecule has 0 radical (unpaired) electrons. The zero-order valence-corrected chi connectivity index (χ0v) is 14.9. The highest BCUT2D eigenvalue weighted by molar-refractivity contribution is 5.96. The lowest BCUT2D eigenvalue weighted by Gasteiger charge is -2.15. The molecule has 1 heterocycles. The van der Waals surface area contributed by atoms with Crippen LogP contribution in [0, 0.1) is 28.7 Å². The van der Waals surface area contributed by atoms with Crippen molar-refractivity contribution in [2.45, 2.75) is 25.7 Å². The van der Waals surface area contributed by atoms with Crippen molar-refractivity contribution in [3.63, 3.8) is 0 Å². The Kier molecular flexibility index (Phi) is 5.58. The van der Waals surface area contributed by atoms with E-state index in [4.69, 9.17) is 4.52 Å². The molecule has 6 nitrogen and oxygen atoms in total. The van der Waals surface area contributed by atoms with Gasteiger partial charge in [0.25, 0.3) is 0 Å². The maximum absolute atomic E-state index is 13.3. The first kappa shape index (κ1) is 19.3. The number of hydrogen-bond acceptors (Lipinski definition) is 5. The van der Waals surface area contributed by atoms with Gasteiger partial charge in [0.2, 0.25) is 5.76 Å². The molecule has 1 atom stereocenters. The van der Waals surface area contributed by atoms with Crippen LogP contribution in [-0.4, -0.2) is 15.9 Å². The lowest BCUT2D eigenvalue weighted by molar-refractivity contribution is -0.386. The van der Waals surface area contributed by atoms with E-state index in [0.717, 1.165) is 0 Å². The normalized spacial score (nSPS) is 12.0. The summed E-state index contributed by atoms with van der Waals surface area (Å²) >= 11 is 0. The Labute approximate surface area is 158 Å². The third kappa shape index (κ3) is 4.28. The van der Waals surface area contributed by atoms with Crippen LogP contribution in [0.15, 0.2) is 53.1 Å². The molecule has 0 saturated heterocycles. The van der Waals surface area contributed by atoms with Crippen molar-refractivity contribution in [2.75, 3.05) is 0 Å². The highest BCUT2D eigenvalue weighted by Crippen LogP contribution is 2.32. The van der Waals surface area contributed by atoms with Crippen LogP contribution in [-0.2, 0) is 6.42 Å². The largest absolute Gasteiger partial charge is 0.354 e. The quantitative estimate of drug-likeness (QED) is 0.332. The van der Waals surface area contributed by atoms with Gasteiger partial charge in [-0.25, -0.2) is 8.78 Å². The van der Waals surface area contributed by atoms with Crippen LogP contribution in [0.2, 0.25) is 0 Å². The van der Waals surface area contributed by atoms with Crippen LogP contribution in [0.25, 0.3) is 0 Å². The molecule has 0 aliphatic heterocycles. The molecular weight excluding hydrogens is 370 g/mol. The molecule has 28 heavy (non-hydrogen) atoms. The molecule has 2 aromatic carbocycles. The summed E-state index contributed by atoms with van der Waals surface area (Å²) < 4.78 is 31.5. The third-order valence-corrected chi connectivity index (χ3v) is 4.45. The van der Waals surface area contributed by atoms with Gasteiger partial charge in [0, 0.05) is 18.4 Å². The van der Waals surface area contributed by atoms with Gasteiger partial charge in [-0.05, 0) is 54.8 Å². The number of halogens is 2. The number of Topliss-reactive ketones (excluding diaryl/α,β-unsaturated/α-hetero) is 1. The predicted octanol–water partition coefficient (Wildman–Crippen LogP) is 4.77. The van der Waals surface area contributed by atoms with Crippen LogP contribution < -0.4 is 0 Å². The van der Waals surface area contributed by atoms with E-state index < -0.39 is 22.5 Å². The van der Waals surface area contributed by atoms with Crippen molar-refractivity contribution in [1.29, 1.82) is 0 Å². The molecule has 8 heteroatoms. The van der Waals surface area contributed by atoms with Gasteiger partial charge in [0.1, 0.15) is 11.6 Å². The molecule has 144 valence electrons. The molecule has 0 N–H and O–H groups in total. The maximum atomic E-state index is 13.3. The van der Waals surface area contributed by atoms with Gasteiger partial charge in [-0.1, -0.05) is 17.3 Å². The monoisotopic (exact) mass is 386 g/mol. The van der Waals surface area contributed by atoms with E-state index in [9.17, 15) is 23.7 Å². The van der Waals surface area contributed by atoms with Crippen molar-refractivity contribution in [2.24, 2.45) is 0 Å². The molecular formula is C20H16F2N2O4.